The van der Waals surface area contributed by atoms with Gasteiger partial charge in [-0.2, -0.15) is 0 Å². The maximum atomic E-state index is 3.52. The van der Waals surface area contributed by atoms with Crippen molar-refractivity contribution in [3.05, 3.63) is 70.8 Å². The fourth-order valence-electron chi connectivity index (χ4n) is 3.82. The van der Waals surface area contributed by atoms with Crippen molar-refractivity contribution in [3.8, 4) is 0 Å². The molecule has 2 aromatic rings. The summed E-state index contributed by atoms with van der Waals surface area (Å²) in [6.45, 7) is 4.52. The van der Waals surface area contributed by atoms with Crippen LogP contribution in [-0.4, -0.2) is 13.1 Å². The molecule has 0 aliphatic carbocycles. The van der Waals surface area contributed by atoms with Gasteiger partial charge in [0.1, 0.15) is 0 Å². The number of nitrogens with one attached hydrogen (secondary N) is 1. The van der Waals surface area contributed by atoms with Crippen LogP contribution >= 0.6 is 11.8 Å². The van der Waals surface area contributed by atoms with Crippen LogP contribution in [0.15, 0.2) is 48.5 Å². The number of hydrogen-bond donors (Lipinski definition) is 2. The van der Waals surface area contributed by atoms with E-state index in [1.807, 2.05) is 0 Å². The Morgan fingerprint density at radius 1 is 0.955 bits per heavy atom. The monoisotopic (exact) mass is 312 g/mol. The lowest BCUT2D eigenvalue weighted by atomic mass is 9.85. The van der Waals surface area contributed by atoms with Gasteiger partial charge in [-0.25, -0.2) is 0 Å². The van der Waals surface area contributed by atoms with Crippen LogP contribution in [0.4, 0.5) is 0 Å². The molecule has 22 heavy (non-hydrogen) atoms. The molecule has 2 heterocycles. The van der Waals surface area contributed by atoms with E-state index in [9.17, 15) is 0 Å². The first-order chi connectivity index (χ1) is 10.3. The number of aryl methyl sites for hydroxylation is 1. The largest absolute Gasteiger partial charge is 0.344 e. The molecule has 0 radical (unpaired) electrons. The molecule has 3 heteroatoms. The minimum absolute atomic E-state index is 0. The van der Waals surface area contributed by atoms with Gasteiger partial charge in [0.2, 0.25) is 0 Å². The van der Waals surface area contributed by atoms with Crippen molar-refractivity contribution in [3.63, 3.8) is 0 Å². The molecule has 0 amide bonds. The lowest BCUT2D eigenvalue weighted by Gasteiger charge is -2.34. The Morgan fingerprint density at radius 3 is 2.32 bits per heavy atom. The molecule has 116 valence electrons. The molecule has 0 saturated carbocycles. The highest BCUT2D eigenvalue weighted by Gasteiger charge is 2.45. The Kier molecular flexibility index (Phi) is 4.31. The van der Waals surface area contributed by atoms with E-state index in [0.717, 1.165) is 13.1 Å². The molecular weight excluding hydrogens is 288 g/mol. The van der Waals surface area contributed by atoms with Crippen molar-refractivity contribution in [1.29, 1.82) is 0 Å². The highest BCUT2D eigenvalue weighted by atomic mass is 32.2. The van der Waals surface area contributed by atoms with E-state index in [-0.39, 0.29) is 6.15 Å². The first kappa shape index (κ1) is 15.6. The summed E-state index contributed by atoms with van der Waals surface area (Å²) in [6.07, 6.45) is 2.49. The summed E-state index contributed by atoms with van der Waals surface area (Å²) in [6, 6.07) is 18.0. The highest BCUT2D eigenvalue weighted by molar-refractivity contribution is 8.01. The third-order valence-electron chi connectivity index (χ3n) is 4.96. The molecule has 4 N–H and O–H groups in total. The minimum atomic E-state index is 0. The highest BCUT2D eigenvalue weighted by Crippen LogP contribution is 2.60. The van der Waals surface area contributed by atoms with Crippen LogP contribution in [-0.2, 0) is 4.75 Å². The molecule has 2 nitrogen and oxygen atoms in total. The van der Waals surface area contributed by atoms with Crippen LogP contribution in [0.3, 0.4) is 0 Å². The number of fused-ring (bicyclic) bond motifs is 2. The quantitative estimate of drug-likeness (QED) is 0.810. The van der Waals surface area contributed by atoms with Crippen LogP contribution in [0.2, 0.25) is 0 Å². The van der Waals surface area contributed by atoms with Gasteiger partial charge in [-0.15, -0.1) is 11.8 Å². The SMILES string of the molecule is Cc1ccccc1C1SC2(CCNCC2)c2ccccc21.N. The summed E-state index contributed by atoms with van der Waals surface area (Å²) in [5.41, 5.74) is 6.03. The summed E-state index contributed by atoms with van der Waals surface area (Å²) in [5.74, 6) is 0. The lowest BCUT2D eigenvalue weighted by Crippen LogP contribution is -2.36. The second-order valence-corrected chi connectivity index (χ2v) is 7.67. The molecular formula is C19H24N2S. The average Bonchev–Trinajstić information content (AvgIpc) is 2.84. The fraction of sp³-hybridized carbons (Fsp3) is 0.368. The third-order valence-corrected chi connectivity index (χ3v) is 6.78. The molecule has 1 atom stereocenters. The van der Waals surface area contributed by atoms with Gasteiger partial charge < -0.3 is 11.5 Å². The molecule has 1 saturated heterocycles. The van der Waals surface area contributed by atoms with Crippen molar-refractivity contribution in [2.24, 2.45) is 0 Å². The van der Waals surface area contributed by atoms with E-state index in [2.05, 4.69) is 72.5 Å². The summed E-state index contributed by atoms with van der Waals surface area (Å²) in [5, 5.41) is 4.02. The van der Waals surface area contributed by atoms with Gasteiger partial charge in [0, 0.05) is 4.75 Å². The minimum Gasteiger partial charge on any atom is -0.344 e. The van der Waals surface area contributed by atoms with Crippen LogP contribution < -0.4 is 11.5 Å². The maximum absolute atomic E-state index is 3.52. The average molecular weight is 312 g/mol. The molecule has 4 rings (SSSR count). The van der Waals surface area contributed by atoms with E-state index < -0.39 is 0 Å². The van der Waals surface area contributed by atoms with Gasteiger partial charge in [-0.05, 0) is 55.1 Å². The molecule has 2 aromatic carbocycles. The van der Waals surface area contributed by atoms with Crippen molar-refractivity contribution in [1.82, 2.24) is 11.5 Å². The van der Waals surface area contributed by atoms with Crippen LogP contribution in [0, 0.1) is 6.92 Å². The van der Waals surface area contributed by atoms with E-state index in [1.54, 1.807) is 11.1 Å². The zero-order chi connectivity index (χ0) is 14.3. The number of thioether (sulfide) groups is 1. The summed E-state index contributed by atoms with van der Waals surface area (Å²) >= 11 is 2.19. The lowest BCUT2D eigenvalue weighted by molar-refractivity contribution is 0.427. The maximum Gasteiger partial charge on any atom is 0.0561 e. The predicted molar refractivity (Wildman–Crippen MR) is 95.9 cm³/mol. The first-order valence-electron chi connectivity index (χ1n) is 7.84. The Morgan fingerprint density at radius 2 is 1.59 bits per heavy atom. The Bertz CT molecular complexity index is 662. The molecule has 2 aliphatic rings. The van der Waals surface area contributed by atoms with Gasteiger partial charge in [0.15, 0.2) is 0 Å². The molecule has 1 unspecified atom stereocenters. The van der Waals surface area contributed by atoms with Gasteiger partial charge >= 0.3 is 0 Å². The zero-order valence-electron chi connectivity index (χ0n) is 13.1. The van der Waals surface area contributed by atoms with Crippen LogP contribution in [0.25, 0.3) is 0 Å². The zero-order valence-corrected chi connectivity index (χ0v) is 14.0. The van der Waals surface area contributed by atoms with Crippen LogP contribution in [0.5, 0.6) is 0 Å². The second-order valence-electron chi connectivity index (χ2n) is 6.19. The van der Waals surface area contributed by atoms with Gasteiger partial charge in [0.25, 0.3) is 0 Å². The van der Waals surface area contributed by atoms with E-state index >= 15 is 0 Å². The van der Waals surface area contributed by atoms with Crippen molar-refractivity contribution in [2.75, 3.05) is 13.1 Å². The molecule has 1 fully saturated rings. The summed E-state index contributed by atoms with van der Waals surface area (Å²) < 4.78 is 0.328. The number of rotatable bonds is 1. The number of piperidine rings is 1. The summed E-state index contributed by atoms with van der Waals surface area (Å²) in [4.78, 5) is 0. The molecule has 0 aromatic heterocycles. The van der Waals surface area contributed by atoms with E-state index in [0.29, 0.717) is 10.00 Å². The number of benzene rings is 2. The van der Waals surface area contributed by atoms with Gasteiger partial charge in [0.05, 0.1) is 5.25 Å². The molecule has 2 aliphatic heterocycles. The van der Waals surface area contributed by atoms with Crippen molar-refractivity contribution in [2.45, 2.75) is 29.8 Å². The van der Waals surface area contributed by atoms with Crippen molar-refractivity contribution >= 4 is 11.8 Å². The first-order valence-corrected chi connectivity index (χ1v) is 8.72. The van der Waals surface area contributed by atoms with Gasteiger partial charge in [-0.1, -0.05) is 48.5 Å². The molecule has 1 spiro atoms. The Balaban J connectivity index is 0.00000144. The Hall–Kier alpha value is -1.29. The normalized spacial score (nSPS) is 22.1. The summed E-state index contributed by atoms with van der Waals surface area (Å²) in [7, 11) is 0. The van der Waals surface area contributed by atoms with Crippen LogP contribution in [0.1, 0.15) is 40.3 Å². The van der Waals surface area contributed by atoms with E-state index in [1.165, 1.54) is 24.0 Å². The van der Waals surface area contributed by atoms with Gasteiger partial charge in [-0.3, -0.25) is 0 Å². The van der Waals surface area contributed by atoms with Crippen molar-refractivity contribution < 1.29 is 0 Å². The Labute approximate surface area is 137 Å². The standard InChI is InChI=1S/C19H21NS.H3N/c1-14-6-2-3-7-15(14)18-16-8-4-5-9-17(16)19(21-18)10-12-20-13-11-19;/h2-9,18,20H,10-13H2,1H3;1H3. The van der Waals surface area contributed by atoms with E-state index in [4.69, 9.17) is 0 Å². The third kappa shape index (κ3) is 2.37. The second kappa shape index (κ2) is 6.07. The smallest absolute Gasteiger partial charge is 0.0561 e. The fourth-order valence-corrected chi connectivity index (χ4v) is 5.75. The molecule has 0 bridgehead atoms. The topological polar surface area (TPSA) is 47.0 Å². The number of hydrogen-bond acceptors (Lipinski definition) is 3. The predicted octanol–water partition coefficient (Wildman–Crippen LogP) is 4.57.